The van der Waals surface area contributed by atoms with Gasteiger partial charge in [-0.15, -0.1) is 4.52 Å². The molecule has 1 aliphatic carbocycles. The van der Waals surface area contributed by atoms with E-state index < -0.39 is 19.8 Å². The lowest BCUT2D eigenvalue weighted by Gasteiger charge is -2.33. The van der Waals surface area contributed by atoms with E-state index in [0.717, 1.165) is 16.7 Å². The summed E-state index contributed by atoms with van der Waals surface area (Å²) in [7, 11) is -3.00. The van der Waals surface area contributed by atoms with Gasteiger partial charge in [-0.05, 0) is 64.8 Å². The Bertz CT molecular complexity index is 1190. The first-order chi connectivity index (χ1) is 16.9. The van der Waals surface area contributed by atoms with Crippen molar-refractivity contribution in [2.45, 2.75) is 25.4 Å². The molecule has 0 radical (unpaired) electrons. The van der Waals surface area contributed by atoms with Gasteiger partial charge in [0.25, 0.3) is 0 Å². The molecule has 0 N–H and O–H groups in total. The zero-order valence-electron chi connectivity index (χ0n) is 19.1. The third kappa shape index (κ3) is 6.84. The van der Waals surface area contributed by atoms with Crippen LogP contribution in [0.25, 0.3) is 0 Å². The maximum Gasteiger partial charge on any atom is 0.489 e. The van der Waals surface area contributed by atoms with Crippen molar-refractivity contribution < 1.29 is 18.8 Å². The number of hydrogen-bond donors (Lipinski definition) is 0. The molecule has 0 saturated carbocycles. The van der Waals surface area contributed by atoms with Gasteiger partial charge in [0, 0.05) is 10.9 Å². The SMILES string of the molecule is O=C(C(Cc1ccccc1)Cc1ccc(Cl)cc1)C1(Cc2ccccc2)C=CC(O[P+](=O)[O-])C=C1. The minimum absolute atomic E-state index is 0.0811. The minimum atomic E-state index is -3.00. The maximum atomic E-state index is 14.3. The van der Waals surface area contributed by atoms with Crippen LogP contribution in [0.3, 0.4) is 0 Å². The predicted octanol–water partition coefficient (Wildman–Crippen LogP) is 6.07. The van der Waals surface area contributed by atoms with E-state index >= 15 is 0 Å². The van der Waals surface area contributed by atoms with Crippen LogP contribution < -0.4 is 4.89 Å². The van der Waals surface area contributed by atoms with Gasteiger partial charge in [0.2, 0.25) is 0 Å². The first-order valence-corrected chi connectivity index (χ1v) is 13.0. The number of ketones is 1. The van der Waals surface area contributed by atoms with Crippen LogP contribution >= 0.6 is 19.9 Å². The topological polar surface area (TPSA) is 66.4 Å². The molecule has 178 valence electrons. The van der Waals surface area contributed by atoms with Gasteiger partial charge in [-0.25, -0.2) is 0 Å². The second kappa shape index (κ2) is 11.7. The predicted molar refractivity (Wildman–Crippen MR) is 137 cm³/mol. The normalized spacial score (nSPS) is 20.4. The average Bonchev–Trinajstić information content (AvgIpc) is 2.87. The highest BCUT2D eigenvalue weighted by Crippen LogP contribution is 2.37. The molecule has 0 heterocycles. The summed E-state index contributed by atoms with van der Waals surface area (Å²) in [6.07, 6.45) is 7.86. The maximum absolute atomic E-state index is 14.3. The second-order valence-electron chi connectivity index (χ2n) is 8.80. The van der Waals surface area contributed by atoms with Gasteiger partial charge >= 0.3 is 8.25 Å². The highest BCUT2D eigenvalue weighted by Gasteiger charge is 2.40. The zero-order chi connectivity index (χ0) is 24.7. The van der Waals surface area contributed by atoms with E-state index in [-0.39, 0.29) is 11.7 Å². The van der Waals surface area contributed by atoms with Crippen molar-refractivity contribution in [3.8, 4) is 0 Å². The van der Waals surface area contributed by atoms with Crippen molar-refractivity contribution in [3.63, 3.8) is 0 Å². The molecule has 2 atom stereocenters. The molecule has 0 aliphatic heterocycles. The Labute approximate surface area is 211 Å². The van der Waals surface area contributed by atoms with Gasteiger partial charge in [-0.3, -0.25) is 4.79 Å². The zero-order valence-corrected chi connectivity index (χ0v) is 20.8. The number of carbonyl (C=O) groups is 1. The monoisotopic (exact) mass is 504 g/mol. The van der Waals surface area contributed by atoms with Gasteiger partial charge in [-0.1, -0.05) is 96.5 Å². The van der Waals surface area contributed by atoms with Crippen LogP contribution in [0, 0.1) is 11.3 Å². The molecule has 4 rings (SSSR count). The molecule has 35 heavy (non-hydrogen) atoms. The first kappa shape index (κ1) is 25.2. The summed E-state index contributed by atoms with van der Waals surface area (Å²) >= 11 is 6.08. The summed E-state index contributed by atoms with van der Waals surface area (Å²) in [4.78, 5) is 25.4. The quantitative estimate of drug-likeness (QED) is 0.248. The van der Waals surface area contributed by atoms with Crippen LogP contribution in [0.4, 0.5) is 0 Å². The molecule has 3 aromatic carbocycles. The first-order valence-electron chi connectivity index (χ1n) is 11.5. The van der Waals surface area contributed by atoms with Crippen LogP contribution in [-0.4, -0.2) is 11.9 Å². The Morgan fingerprint density at radius 2 is 1.37 bits per heavy atom. The smallest absolute Gasteiger partial charge is 0.489 e. The highest BCUT2D eigenvalue weighted by atomic mass is 35.5. The number of benzene rings is 3. The summed E-state index contributed by atoms with van der Waals surface area (Å²) in [5, 5.41) is 0.654. The Balaban J connectivity index is 1.69. The fraction of sp³-hybridized carbons (Fsp3) is 0.207. The Morgan fingerprint density at radius 1 is 0.857 bits per heavy atom. The Kier molecular flexibility index (Phi) is 8.43. The molecule has 4 nitrogen and oxygen atoms in total. The van der Waals surface area contributed by atoms with Crippen molar-refractivity contribution in [1.82, 2.24) is 0 Å². The lowest BCUT2D eigenvalue weighted by atomic mass is 9.69. The molecular weight excluding hydrogens is 479 g/mol. The number of allylic oxidation sites excluding steroid dienone is 2. The molecule has 6 heteroatoms. The van der Waals surface area contributed by atoms with E-state index in [1.165, 1.54) is 0 Å². The largest absolute Gasteiger partial charge is 0.566 e. The molecule has 0 saturated heterocycles. The van der Waals surface area contributed by atoms with E-state index in [2.05, 4.69) is 0 Å². The van der Waals surface area contributed by atoms with E-state index in [1.807, 2.05) is 97.1 Å². The number of halogens is 1. The summed E-state index contributed by atoms with van der Waals surface area (Å²) in [5.74, 6) is -0.220. The summed E-state index contributed by atoms with van der Waals surface area (Å²) in [6.45, 7) is 0. The molecule has 1 aliphatic rings. The van der Waals surface area contributed by atoms with E-state index in [1.54, 1.807) is 12.2 Å². The number of Topliss-reactive ketones (excluding diaryl/α,β-unsaturated/α-hetero) is 1. The van der Waals surface area contributed by atoms with Crippen LogP contribution in [0.1, 0.15) is 16.7 Å². The van der Waals surface area contributed by atoms with Crippen LogP contribution in [0.15, 0.2) is 109 Å². The third-order valence-corrected chi connectivity index (χ3v) is 6.93. The highest BCUT2D eigenvalue weighted by molar-refractivity contribution is 7.30. The lowest BCUT2D eigenvalue weighted by Crippen LogP contribution is -2.38. The van der Waals surface area contributed by atoms with E-state index in [4.69, 9.17) is 16.1 Å². The van der Waals surface area contributed by atoms with Crippen molar-refractivity contribution in [2.75, 3.05) is 0 Å². The summed E-state index contributed by atoms with van der Waals surface area (Å²) < 4.78 is 16.0. The van der Waals surface area contributed by atoms with Gasteiger partial charge in [0.1, 0.15) is 6.10 Å². The van der Waals surface area contributed by atoms with Crippen LogP contribution in [0.2, 0.25) is 5.02 Å². The molecule has 2 unspecified atom stereocenters. The third-order valence-electron chi connectivity index (χ3n) is 6.26. The van der Waals surface area contributed by atoms with Crippen molar-refractivity contribution in [1.29, 1.82) is 0 Å². The number of hydrogen-bond acceptors (Lipinski definition) is 4. The van der Waals surface area contributed by atoms with Gasteiger partial charge in [0.05, 0.1) is 5.41 Å². The summed E-state index contributed by atoms with van der Waals surface area (Å²) in [5.41, 5.74) is 2.23. The molecule has 0 amide bonds. The van der Waals surface area contributed by atoms with Crippen molar-refractivity contribution >= 4 is 25.6 Å². The van der Waals surface area contributed by atoms with Gasteiger partial charge < -0.3 is 4.89 Å². The van der Waals surface area contributed by atoms with Crippen molar-refractivity contribution in [3.05, 3.63) is 131 Å². The van der Waals surface area contributed by atoms with E-state index in [9.17, 15) is 14.3 Å². The summed E-state index contributed by atoms with van der Waals surface area (Å²) in [6, 6.07) is 27.4. The fourth-order valence-electron chi connectivity index (χ4n) is 4.57. The molecule has 0 aromatic heterocycles. The lowest BCUT2D eigenvalue weighted by molar-refractivity contribution is -0.186. The molecule has 0 fully saturated rings. The van der Waals surface area contributed by atoms with Crippen molar-refractivity contribution in [2.24, 2.45) is 11.3 Å². The van der Waals surface area contributed by atoms with Crippen LogP contribution in [0.5, 0.6) is 0 Å². The molecular formula is C29H26ClO4P. The van der Waals surface area contributed by atoms with Crippen LogP contribution in [-0.2, 0) is 33.1 Å². The van der Waals surface area contributed by atoms with Gasteiger partial charge in [0.15, 0.2) is 5.78 Å². The fourth-order valence-corrected chi connectivity index (χ4v) is 5.03. The second-order valence-corrected chi connectivity index (χ2v) is 9.89. The van der Waals surface area contributed by atoms with Gasteiger partial charge in [-0.2, -0.15) is 0 Å². The molecule has 0 bridgehead atoms. The molecule has 0 spiro atoms. The minimum Gasteiger partial charge on any atom is -0.566 e. The number of rotatable bonds is 10. The Morgan fingerprint density at radius 3 is 1.91 bits per heavy atom. The molecule has 3 aromatic rings. The standard InChI is InChI=1S/C29H26ClO4P/c30-26-13-11-23(12-14-26)20-25(19-22-7-3-1-4-8-22)28(31)29(21-24-9-5-2-6-10-24)17-15-27(16-18-29)34-35(32)33/h1-18,25,27H,19-21H2. The number of carbonyl (C=O) groups excluding carboxylic acids is 1. The Hall–Kier alpha value is -2.88. The van der Waals surface area contributed by atoms with E-state index in [0.29, 0.717) is 24.3 Å². The average molecular weight is 505 g/mol.